The molecule has 0 bridgehead atoms. The molecule has 4 nitrogen and oxygen atoms in total. The van der Waals surface area contributed by atoms with Gasteiger partial charge in [0.25, 0.3) is 0 Å². The maximum atomic E-state index is 12.3. The molecule has 0 spiro atoms. The quantitative estimate of drug-likeness (QED) is 0.560. The lowest BCUT2D eigenvalue weighted by Crippen LogP contribution is -2.33. The molecule has 27 heavy (non-hydrogen) atoms. The Kier molecular flexibility index (Phi) is 7.67. The van der Waals surface area contributed by atoms with Gasteiger partial charge < -0.3 is 10.2 Å². The number of para-hydroxylation sites is 1. The van der Waals surface area contributed by atoms with Gasteiger partial charge >= 0.3 is 0 Å². The molecular weight excluding hydrogens is 356 g/mol. The molecule has 2 amide bonds. The molecule has 0 saturated heterocycles. The summed E-state index contributed by atoms with van der Waals surface area (Å²) in [5.41, 5.74) is 2.98. The first-order valence-electron chi connectivity index (χ1n) is 8.86. The number of nitrogens with one attached hydrogen (secondary N) is 1. The number of nitrogens with zero attached hydrogens (tertiary/aromatic N) is 1. The Morgan fingerprint density at radius 1 is 1.11 bits per heavy atom. The molecule has 2 aromatic carbocycles. The van der Waals surface area contributed by atoms with Crippen LogP contribution < -0.4 is 5.32 Å². The maximum absolute atomic E-state index is 12.3. The van der Waals surface area contributed by atoms with Gasteiger partial charge in [-0.2, -0.15) is 0 Å². The molecule has 142 valence electrons. The van der Waals surface area contributed by atoms with Crippen molar-refractivity contribution in [3.05, 3.63) is 65.7 Å². The van der Waals surface area contributed by atoms with Crippen LogP contribution in [0.3, 0.4) is 0 Å². The molecular formula is C22H26N2O2S. The predicted octanol–water partition coefficient (Wildman–Crippen LogP) is 4.64. The van der Waals surface area contributed by atoms with Crippen LogP contribution in [0.15, 0.2) is 59.5 Å². The summed E-state index contributed by atoms with van der Waals surface area (Å²) in [7, 11) is 1.62. The van der Waals surface area contributed by atoms with E-state index in [1.807, 2.05) is 42.7 Å². The zero-order valence-electron chi connectivity index (χ0n) is 16.2. The molecule has 0 unspecified atom stereocenters. The Morgan fingerprint density at radius 3 is 2.41 bits per heavy atom. The van der Waals surface area contributed by atoms with E-state index in [1.165, 1.54) is 16.5 Å². The average Bonchev–Trinajstić information content (AvgIpc) is 2.66. The van der Waals surface area contributed by atoms with Crippen molar-refractivity contribution in [1.82, 2.24) is 4.90 Å². The highest BCUT2D eigenvalue weighted by molar-refractivity contribution is 7.98. The molecule has 0 aliphatic rings. The summed E-state index contributed by atoms with van der Waals surface area (Å²) in [5.74, 6) is 0.0452. The Labute approximate surface area is 165 Å². The normalized spacial score (nSPS) is 11.0. The fraction of sp³-hybridized carbons (Fsp3) is 0.273. The second kappa shape index (κ2) is 9.97. The van der Waals surface area contributed by atoms with Gasteiger partial charge in [0.1, 0.15) is 0 Å². The Hall–Kier alpha value is -2.53. The van der Waals surface area contributed by atoms with Crippen LogP contribution in [0.1, 0.15) is 30.9 Å². The van der Waals surface area contributed by atoms with Crippen molar-refractivity contribution in [2.45, 2.75) is 24.7 Å². The summed E-state index contributed by atoms with van der Waals surface area (Å²) in [6.45, 7) is 4.29. The molecule has 5 heteroatoms. The summed E-state index contributed by atoms with van der Waals surface area (Å²) in [4.78, 5) is 26.9. The Balaban J connectivity index is 1.91. The minimum Gasteiger partial charge on any atom is -0.333 e. The number of thioether (sulfide) groups is 1. The van der Waals surface area contributed by atoms with Crippen molar-refractivity contribution >= 4 is 35.3 Å². The van der Waals surface area contributed by atoms with E-state index in [0.29, 0.717) is 5.92 Å². The molecule has 2 rings (SSSR count). The molecule has 0 aliphatic carbocycles. The van der Waals surface area contributed by atoms with Gasteiger partial charge in [-0.1, -0.05) is 50.2 Å². The highest BCUT2D eigenvalue weighted by Crippen LogP contribution is 2.24. The highest BCUT2D eigenvalue weighted by atomic mass is 32.2. The zero-order valence-corrected chi connectivity index (χ0v) is 17.0. The Bertz CT molecular complexity index is 813. The van der Waals surface area contributed by atoms with Crippen molar-refractivity contribution in [2.24, 2.45) is 0 Å². The number of carbonyl (C=O) groups is 2. The molecule has 0 fully saturated rings. The van der Waals surface area contributed by atoms with E-state index >= 15 is 0 Å². The molecule has 0 aromatic heterocycles. The third-order valence-electron chi connectivity index (χ3n) is 4.16. The van der Waals surface area contributed by atoms with Crippen LogP contribution in [0, 0.1) is 0 Å². The maximum Gasteiger partial charge on any atom is 0.246 e. The fourth-order valence-electron chi connectivity index (χ4n) is 2.52. The van der Waals surface area contributed by atoms with Crippen LogP contribution in [0.25, 0.3) is 6.08 Å². The van der Waals surface area contributed by atoms with Crippen molar-refractivity contribution in [3.8, 4) is 0 Å². The summed E-state index contributed by atoms with van der Waals surface area (Å²) >= 11 is 1.56. The van der Waals surface area contributed by atoms with Gasteiger partial charge in [0, 0.05) is 18.0 Å². The van der Waals surface area contributed by atoms with Gasteiger partial charge in [0.15, 0.2) is 0 Å². The Morgan fingerprint density at radius 2 is 1.78 bits per heavy atom. The van der Waals surface area contributed by atoms with E-state index < -0.39 is 0 Å². The lowest BCUT2D eigenvalue weighted by Gasteiger charge is -2.16. The van der Waals surface area contributed by atoms with Crippen molar-refractivity contribution in [3.63, 3.8) is 0 Å². The van der Waals surface area contributed by atoms with Gasteiger partial charge in [-0.05, 0) is 41.5 Å². The molecule has 1 N–H and O–H groups in total. The number of hydrogen-bond donors (Lipinski definition) is 1. The number of likely N-dealkylation sites (N-methyl/N-ethyl adjacent to an activating group) is 1. The van der Waals surface area contributed by atoms with E-state index in [2.05, 4.69) is 31.3 Å². The third-order valence-corrected chi connectivity index (χ3v) is 4.96. The second-order valence-corrected chi connectivity index (χ2v) is 7.45. The highest BCUT2D eigenvalue weighted by Gasteiger charge is 2.12. The first-order valence-corrected chi connectivity index (χ1v) is 10.1. The van der Waals surface area contributed by atoms with Gasteiger partial charge in [0.05, 0.1) is 12.2 Å². The number of amides is 2. The number of rotatable bonds is 7. The molecule has 0 radical (unpaired) electrons. The van der Waals surface area contributed by atoms with Gasteiger partial charge in [-0.15, -0.1) is 11.8 Å². The third kappa shape index (κ3) is 6.29. The SMILES string of the molecule is CSc1ccccc1NC(=O)CN(C)C(=O)C=Cc1ccc(C(C)C)cc1. The lowest BCUT2D eigenvalue weighted by molar-refractivity contribution is -0.129. The number of anilines is 1. The fourth-order valence-corrected chi connectivity index (χ4v) is 3.07. The average molecular weight is 383 g/mol. The summed E-state index contributed by atoms with van der Waals surface area (Å²) in [6, 6.07) is 15.7. The van der Waals surface area contributed by atoms with Crippen LogP contribution in [0.5, 0.6) is 0 Å². The van der Waals surface area contributed by atoms with Crippen LogP contribution in [0.2, 0.25) is 0 Å². The molecule has 0 atom stereocenters. The van der Waals surface area contributed by atoms with Crippen LogP contribution >= 0.6 is 11.8 Å². The summed E-state index contributed by atoms with van der Waals surface area (Å²) < 4.78 is 0. The van der Waals surface area contributed by atoms with Crippen molar-refractivity contribution in [2.75, 3.05) is 25.2 Å². The smallest absolute Gasteiger partial charge is 0.246 e. The lowest BCUT2D eigenvalue weighted by atomic mass is 10.0. The van der Waals surface area contributed by atoms with Crippen LogP contribution in [-0.2, 0) is 9.59 Å². The second-order valence-electron chi connectivity index (χ2n) is 6.60. The first-order chi connectivity index (χ1) is 12.9. The molecule has 0 heterocycles. The van der Waals surface area contributed by atoms with E-state index in [-0.39, 0.29) is 18.4 Å². The van der Waals surface area contributed by atoms with Crippen molar-refractivity contribution < 1.29 is 9.59 Å². The monoisotopic (exact) mass is 382 g/mol. The predicted molar refractivity (Wildman–Crippen MR) is 114 cm³/mol. The standard InChI is InChI=1S/C22H26N2O2S/c1-16(2)18-12-9-17(10-13-18)11-14-22(26)24(3)15-21(25)23-19-7-5-6-8-20(19)27-4/h5-14,16H,15H2,1-4H3,(H,23,25). The largest absolute Gasteiger partial charge is 0.333 e. The topological polar surface area (TPSA) is 49.4 Å². The van der Waals surface area contributed by atoms with Crippen LogP contribution in [0.4, 0.5) is 5.69 Å². The van der Waals surface area contributed by atoms with Crippen LogP contribution in [-0.4, -0.2) is 36.6 Å². The summed E-state index contributed by atoms with van der Waals surface area (Å²) in [6.07, 6.45) is 5.22. The van der Waals surface area contributed by atoms with Gasteiger partial charge in [0.2, 0.25) is 11.8 Å². The van der Waals surface area contributed by atoms with E-state index in [1.54, 1.807) is 24.9 Å². The molecule has 0 saturated carbocycles. The van der Waals surface area contributed by atoms with Crippen molar-refractivity contribution in [1.29, 1.82) is 0 Å². The van der Waals surface area contributed by atoms with E-state index in [9.17, 15) is 9.59 Å². The molecule has 0 aliphatic heterocycles. The van der Waals surface area contributed by atoms with Gasteiger partial charge in [-0.3, -0.25) is 9.59 Å². The molecule has 2 aromatic rings. The number of hydrogen-bond acceptors (Lipinski definition) is 3. The summed E-state index contributed by atoms with van der Waals surface area (Å²) in [5, 5.41) is 2.86. The number of carbonyl (C=O) groups excluding carboxylic acids is 2. The van der Waals surface area contributed by atoms with Gasteiger partial charge in [-0.25, -0.2) is 0 Å². The van der Waals surface area contributed by atoms with E-state index in [4.69, 9.17) is 0 Å². The number of benzene rings is 2. The first kappa shape index (κ1) is 20.8. The minimum atomic E-state index is -0.220. The minimum absolute atomic E-state index is 0.00181. The zero-order chi connectivity index (χ0) is 19.8. The van der Waals surface area contributed by atoms with E-state index in [0.717, 1.165) is 16.1 Å².